The third-order valence-electron chi connectivity index (χ3n) is 4.56. The molecule has 2 rings (SSSR count). The minimum atomic E-state index is 0.448. The van der Waals surface area contributed by atoms with E-state index < -0.39 is 0 Å². The summed E-state index contributed by atoms with van der Waals surface area (Å²) >= 11 is 0. The predicted octanol–water partition coefficient (Wildman–Crippen LogP) is 4.38. The van der Waals surface area contributed by atoms with Crippen LogP contribution < -0.4 is 5.32 Å². The molecule has 0 radical (unpaired) electrons. The van der Waals surface area contributed by atoms with Crippen LogP contribution in [0.1, 0.15) is 64.5 Å². The van der Waals surface area contributed by atoms with Gasteiger partial charge in [0.1, 0.15) is 0 Å². The molecule has 1 aliphatic rings. The highest BCUT2D eigenvalue weighted by molar-refractivity contribution is 5.20. The van der Waals surface area contributed by atoms with Crippen molar-refractivity contribution in [3.63, 3.8) is 0 Å². The van der Waals surface area contributed by atoms with E-state index in [1.165, 1.54) is 44.2 Å². The Morgan fingerprint density at radius 2 is 1.86 bits per heavy atom. The highest BCUT2D eigenvalue weighted by Gasteiger charge is 2.35. The molecular formula is C19H32N2. The number of benzene rings is 1. The largest absolute Gasteiger partial charge is 0.309 e. The van der Waals surface area contributed by atoms with Gasteiger partial charge in [-0.15, -0.1) is 0 Å². The van der Waals surface area contributed by atoms with E-state index >= 15 is 0 Å². The lowest BCUT2D eigenvalue weighted by Crippen LogP contribution is -2.44. The van der Waals surface area contributed by atoms with E-state index in [1.807, 2.05) is 0 Å². The summed E-state index contributed by atoms with van der Waals surface area (Å²) in [6.45, 7) is 9.29. The van der Waals surface area contributed by atoms with Crippen molar-refractivity contribution in [2.24, 2.45) is 0 Å². The summed E-state index contributed by atoms with van der Waals surface area (Å²) in [7, 11) is 0. The molecular weight excluding hydrogens is 256 g/mol. The molecule has 1 fully saturated rings. The molecule has 2 unspecified atom stereocenters. The van der Waals surface area contributed by atoms with Gasteiger partial charge in [0.15, 0.2) is 0 Å². The SMILES string of the molecule is CCCCN(C1CC1)C(C)C(NCCC)c1ccccc1. The van der Waals surface area contributed by atoms with Gasteiger partial charge in [-0.05, 0) is 51.3 Å². The van der Waals surface area contributed by atoms with Crippen molar-refractivity contribution in [3.8, 4) is 0 Å². The molecule has 21 heavy (non-hydrogen) atoms. The van der Waals surface area contributed by atoms with Crippen molar-refractivity contribution < 1.29 is 0 Å². The van der Waals surface area contributed by atoms with Crippen molar-refractivity contribution in [2.75, 3.05) is 13.1 Å². The van der Waals surface area contributed by atoms with Crippen molar-refractivity contribution in [3.05, 3.63) is 35.9 Å². The second kappa shape index (κ2) is 8.55. The van der Waals surface area contributed by atoms with E-state index in [4.69, 9.17) is 0 Å². The van der Waals surface area contributed by atoms with Gasteiger partial charge in [0.2, 0.25) is 0 Å². The maximum Gasteiger partial charge on any atom is 0.0475 e. The summed E-state index contributed by atoms with van der Waals surface area (Å²) in [4.78, 5) is 2.75. The summed E-state index contributed by atoms with van der Waals surface area (Å²) < 4.78 is 0. The van der Waals surface area contributed by atoms with Crippen LogP contribution in [0, 0.1) is 0 Å². The van der Waals surface area contributed by atoms with Crippen LogP contribution in [-0.2, 0) is 0 Å². The van der Waals surface area contributed by atoms with Crippen LogP contribution in [0.2, 0.25) is 0 Å². The highest BCUT2D eigenvalue weighted by Crippen LogP contribution is 2.33. The molecule has 0 heterocycles. The fourth-order valence-electron chi connectivity index (χ4n) is 3.18. The van der Waals surface area contributed by atoms with Gasteiger partial charge in [-0.2, -0.15) is 0 Å². The molecule has 2 nitrogen and oxygen atoms in total. The smallest absolute Gasteiger partial charge is 0.0475 e. The lowest BCUT2D eigenvalue weighted by Gasteiger charge is -2.36. The molecule has 0 saturated heterocycles. The third-order valence-corrected chi connectivity index (χ3v) is 4.56. The Hall–Kier alpha value is -0.860. The van der Waals surface area contributed by atoms with Gasteiger partial charge in [-0.3, -0.25) is 4.90 Å². The Kier molecular flexibility index (Phi) is 6.72. The van der Waals surface area contributed by atoms with Crippen LogP contribution in [0.5, 0.6) is 0 Å². The van der Waals surface area contributed by atoms with Crippen LogP contribution in [0.4, 0.5) is 0 Å². The quantitative estimate of drug-likeness (QED) is 0.687. The van der Waals surface area contributed by atoms with Crippen molar-refractivity contribution in [1.29, 1.82) is 0 Å². The van der Waals surface area contributed by atoms with Crippen LogP contribution in [0.15, 0.2) is 30.3 Å². The Balaban J connectivity index is 2.09. The van der Waals surface area contributed by atoms with Gasteiger partial charge in [0.05, 0.1) is 0 Å². The first-order valence-corrected chi connectivity index (χ1v) is 8.82. The third kappa shape index (κ3) is 4.82. The van der Waals surface area contributed by atoms with Gasteiger partial charge < -0.3 is 5.32 Å². The second-order valence-electron chi connectivity index (χ2n) is 6.41. The van der Waals surface area contributed by atoms with Crippen molar-refractivity contribution in [2.45, 2.75) is 71.0 Å². The molecule has 1 saturated carbocycles. The van der Waals surface area contributed by atoms with Crippen LogP contribution in [-0.4, -0.2) is 30.1 Å². The molecule has 0 amide bonds. The lowest BCUT2D eigenvalue weighted by atomic mass is 9.98. The maximum atomic E-state index is 3.78. The number of nitrogens with zero attached hydrogens (tertiary/aromatic N) is 1. The zero-order chi connectivity index (χ0) is 15.1. The minimum Gasteiger partial charge on any atom is -0.309 e. The summed E-state index contributed by atoms with van der Waals surface area (Å²) in [5.41, 5.74) is 1.43. The van der Waals surface area contributed by atoms with Crippen LogP contribution >= 0.6 is 0 Å². The first kappa shape index (κ1) is 16.5. The molecule has 0 aromatic heterocycles. The number of hydrogen-bond donors (Lipinski definition) is 1. The monoisotopic (exact) mass is 288 g/mol. The summed E-state index contributed by atoms with van der Waals surface area (Å²) in [5.74, 6) is 0. The maximum absolute atomic E-state index is 3.78. The number of rotatable bonds is 10. The topological polar surface area (TPSA) is 15.3 Å². The Morgan fingerprint density at radius 1 is 1.14 bits per heavy atom. The predicted molar refractivity (Wildman–Crippen MR) is 91.6 cm³/mol. The fraction of sp³-hybridized carbons (Fsp3) is 0.684. The first-order valence-electron chi connectivity index (χ1n) is 8.82. The van der Waals surface area contributed by atoms with Gasteiger partial charge in [-0.1, -0.05) is 50.6 Å². The van der Waals surface area contributed by atoms with Gasteiger partial charge >= 0.3 is 0 Å². The van der Waals surface area contributed by atoms with Gasteiger partial charge in [0, 0.05) is 18.1 Å². The average molecular weight is 288 g/mol. The van der Waals surface area contributed by atoms with Crippen molar-refractivity contribution in [1.82, 2.24) is 10.2 Å². The van der Waals surface area contributed by atoms with Crippen molar-refractivity contribution >= 4 is 0 Å². The normalized spacial score (nSPS) is 17.9. The van der Waals surface area contributed by atoms with Gasteiger partial charge in [-0.25, -0.2) is 0 Å². The molecule has 1 aromatic rings. The number of nitrogens with one attached hydrogen (secondary N) is 1. The van der Waals surface area contributed by atoms with Crippen LogP contribution in [0.25, 0.3) is 0 Å². The Labute approximate surface area is 130 Å². The molecule has 1 aliphatic carbocycles. The summed E-state index contributed by atoms with van der Waals surface area (Å²) in [5, 5.41) is 3.78. The molecule has 1 N–H and O–H groups in total. The van der Waals surface area contributed by atoms with E-state index in [-0.39, 0.29) is 0 Å². The molecule has 0 aliphatic heterocycles. The van der Waals surface area contributed by atoms with Crippen LogP contribution in [0.3, 0.4) is 0 Å². The molecule has 2 atom stereocenters. The molecule has 0 bridgehead atoms. The average Bonchev–Trinajstić information content (AvgIpc) is 3.34. The fourth-order valence-corrected chi connectivity index (χ4v) is 3.18. The molecule has 1 aromatic carbocycles. The van der Waals surface area contributed by atoms with E-state index in [0.29, 0.717) is 12.1 Å². The van der Waals surface area contributed by atoms with E-state index in [1.54, 1.807) is 0 Å². The molecule has 2 heteroatoms. The van der Waals surface area contributed by atoms with E-state index in [2.05, 4.69) is 61.3 Å². The Morgan fingerprint density at radius 3 is 2.43 bits per heavy atom. The first-order chi connectivity index (χ1) is 10.3. The standard InChI is InChI=1S/C19H32N2/c1-4-6-15-21(18-12-13-18)16(3)19(20-14-5-2)17-10-8-7-9-11-17/h7-11,16,18-20H,4-6,12-15H2,1-3H3. The number of unbranched alkanes of at least 4 members (excludes halogenated alkanes) is 1. The highest BCUT2D eigenvalue weighted by atomic mass is 15.2. The van der Waals surface area contributed by atoms with E-state index in [9.17, 15) is 0 Å². The second-order valence-corrected chi connectivity index (χ2v) is 6.41. The minimum absolute atomic E-state index is 0.448. The summed E-state index contributed by atoms with van der Waals surface area (Å²) in [6, 6.07) is 12.8. The Bertz CT molecular complexity index is 386. The van der Waals surface area contributed by atoms with E-state index in [0.717, 1.165) is 12.6 Å². The molecule has 0 spiro atoms. The van der Waals surface area contributed by atoms with Gasteiger partial charge in [0.25, 0.3) is 0 Å². The molecule has 118 valence electrons. The summed E-state index contributed by atoms with van der Waals surface area (Å²) in [6.07, 6.45) is 6.57. The lowest BCUT2D eigenvalue weighted by molar-refractivity contribution is 0.157. The zero-order valence-electron chi connectivity index (χ0n) is 14.0. The zero-order valence-corrected chi connectivity index (χ0v) is 14.0. The number of hydrogen-bond acceptors (Lipinski definition) is 2.